The van der Waals surface area contributed by atoms with Gasteiger partial charge in [0.2, 0.25) is 12.1 Å². The number of benzene rings is 2. The minimum atomic E-state index is -1.78. The number of aromatic nitrogens is 2. The molecular weight excluding hydrogens is 724 g/mol. The highest BCUT2D eigenvalue weighted by Crippen LogP contribution is 2.43. The first-order valence-corrected chi connectivity index (χ1v) is 17.9. The van der Waals surface area contributed by atoms with Crippen molar-refractivity contribution in [1.29, 1.82) is 0 Å². The molecule has 2 amide bonds. The molecule has 2 aliphatic carbocycles. The summed E-state index contributed by atoms with van der Waals surface area (Å²) in [4.78, 5) is 80.9. The number of carbonyl (C=O) groups excluding carboxylic acids is 2. The predicted octanol–water partition coefficient (Wildman–Crippen LogP) is 4.27. The maximum Gasteiger partial charge on any atom is 0.332 e. The van der Waals surface area contributed by atoms with Crippen LogP contribution in [0.3, 0.4) is 0 Å². The largest absolute Gasteiger partial charge is 0.480 e. The molecule has 0 aliphatic heterocycles. The highest BCUT2D eigenvalue weighted by molar-refractivity contribution is 6.05. The van der Waals surface area contributed by atoms with Gasteiger partial charge in [0.25, 0.3) is 11.8 Å². The lowest BCUT2D eigenvalue weighted by Crippen LogP contribution is -2.43. The number of nitrogens with zero attached hydrogens (tertiary/aromatic N) is 2. The number of carbonyl (C=O) groups is 6. The van der Waals surface area contributed by atoms with Gasteiger partial charge in [-0.2, -0.15) is 0 Å². The van der Waals surface area contributed by atoms with Gasteiger partial charge in [0.15, 0.2) is 0 Å². The number of pyridine rings is 2. The Morgan fingerprint density at radius 2 is 0.964 bits per heavy atom. The van der Waals surface area contributed by atoms with E-state index in [2.05, 4.69) is 31.2 Å². The van der Waals surface area contributed by atoms with E-state index in [0.29, 0.717) is 22.5 Å². The Balaban J connectivity index is 1.17. The quantitative estimate of drug-likeness (QED) is 0.0699. The Bertz CT molecular complexity index is 2070. The number of aliphatic carboxylic acids is 4. The van der Waals surface area contributed by atoms with Gasteiger partial charge in [-0.25, -0.2) is 19.2 Å². The van der Waals surface area contributed by atoms with Crippen molar-refractivity contribution >= 4 is 47.1 Å². The van der Waals surface area contributed by atoms with Crippen LogP contribution in [0.5, 0.6) is 0 Å². The summed E-state index contributed by atoms with van der Waals surface area (Å²) in [6.45, 7) is 3.64. The van der Waals surface area contributed by atoms with Crippen molar-refractivity contribution in [2.45, 2.75) is 76.5 Å². The zero-order valence-electron chi connectivity index (χ0n) is 30.5. The molecule has 0 radical (unpaired) electrons. The van der Waals surface area contributed by atoms with E-state index in [1.807, 2.05) is 26.0 Å². The van der Waals surface area contributed by atoms with Crippen molar-refractivity contribution in [2.24, 2.45) is 0 Å². The van der Waals surface area contributed by atoms with Gasteiger partial charge in [0.05, 0.1) is 0 Å². The molecular formula is C40H40N6O10. The maximum atomic E-state index is 13.5. The molecule has 2 saturated carbocycles. The van der Waals surface area contributed by atoms with Gasteiger partial charge in [-0.1, -0.05) is 24.3 Å². The molecule has 4 aromatic rings. The molecule has 0 unspecified atom stereocenters. The van der Waals surface area contributed by atoms with Crippen LogP contribution < -0.4 is 21.3 Å². The molecule has 0 spiro atoms. The minimum Gasteiger partial charge on any atom is -0.480 e. The monoisotopic (exact) mass is 764 g/mol. The van der Waals surface area contributed by atoms with Crippen LogP contribution in [0.2, 0.25) is 0 Å². The van der Waals surface area contributed by atoms with E-state index < -0.39 is 47.8 Å². The minimum absolute atomic E-state index is 0.0429. The summed E-state index contributed by atoms with van der Waals surface area (Å²) in [6.07, 6.45) is 6.47. The van der Waals surface area contributed by atoms with E-state index in [1.165, 1.54) is 12.4 Å². The highest BCUT2D eigenvalue weighted by atomic mass is 16.4. The molecule has 2 aromatic heterocycles. The SMILES string of the molecule is Cc1c(NC(=O)c2cc(C3CC3)c(CNC(C(=O)O)C(=O)O)cn2)cccc1-c1cccc(NC(=O)c2cc(C3CC3)c(CNC(C(=O)O)C(=O)O)cn2)c1C. The summed E-state index contributed by atoms with van der Waals surface area (Å²) in [5.41, 5.74) is 7.38. The Morgan fingerprint density at radius 1 is 0.607 bits per heavy atom. The van der Waals surface area contributed by atoms with Crippen molar-refractivity contribution < 1.29 is 49.2 Å². The molecule has 2 aliphatic rings. The number of carboxylic acids is 4. The zero-order valence-corrected chi connectivity index (χ0v) is 30.5. The van der Waals surface area contributed by atoms with E-state index in [-0.39, 0.29) is 36.3 Å². The van der Waals surface area contributed by atoms with Crippen LogP contribution in [-0.2, 0) is 32.3 Å². The van der Waals surface area contributed by atoms with Crippen LogP contribution in [0.4, 0.5) is 11.4 Å². The Kier molecular flexibility index (Phi) is 11.5. The molecule has 2 fully saturated rings. The molecule has 16 nitrogen and oxygen atoms in total. The van der Waals surface area contributed by atoms with Gasteiger partial charge >= 0.3 is 23.9 Å². The smallest absolute Gasteiger partial charge is 0.332 e. The molecule has 2 heterocycles. The second kappa shape index (κ2) is 16.5. The molecule has 290 valence electrons. The molecule has 16 heteroatoms. The lowest BCUT2D eigenvalue weighted by atomic mass is 9.94. The summed E-state index contributed by atoms with van der Waals surface area (Å²) in [5, 5.41) is 47.8. The van der Waals surface area contributed by atoms with E-state index in [9.17, 15) is 49.2 Å². The standard InChI is InChI=1S/C40H40N6O10/c1-19-25(5-3-7-29(19)45-35(47)31-13-27(21-9-10-21)23(15-41-31)17-43-33(37(49)50)38(51)52)26-6-4-8-30(20(26)2)46-36(48)32-14-28(22-11-12-22)24(16-42-32)18-44-34(39(53)54)40(55)56/h3-8,13-16,21-22,33-34,43-44H,9-12,17-18H2,1-2H3,(H,45,47)(H,46,48)(H,49,50)(H,51,52)(H,53,54)(H,55,56). The van der Waals surface area contributed by atoms with E-state index in [1.54, 1.807) is 36.4 Å². The number of rotatable bonds is 17. The number of hydrogen-bond acceptors (Lipinski definition) is 10. The molecule has 0 bridgehead atoms. The molecule has 8 N–H and O–H groups in total. The van der Waals surface area contributed by atoms with Crippen LogP contribution in [-0.4, -0.2) is 78.2 Å². The predicted molar refractivity (Wildman–Crippen MR) is 201 cm³/mol. The first-order valence-electron chi connectivity index (χ1n) is 17.9. The lowest BCUT2D eigenvalue weighted by molar-refractivity contribution is -0.153. The third-order valence-corrected chi connectivity index (χ3v) is 9.98. The highest BCUT2D eigenvalue weighted by Gasteiger charge is 2.31. The van der Waals surface area contributed by atoms with Gasteiger partial charge in [0.1, 0.15) is 11.4 Å². The summed E-state index contributed by atoms with van der Waals surface area (Å²) in [5.74, 6) is -6.62. The summed E-state index contributed by atoms with van der Waals surface area (Å²) in [7, 11) is 0. The average molecular weight is 765 g/mol. The number of hydrogen-bond donors (Lipinski definition) is 8. The summed E-state index contributed by atoms with van der Waals surface area (Å²) in [6, 6.07) is 10.7. The second-order valence-corrected chi connectivity index (χ2v) is 13.9. The van der Waals surface area contributed by atoms with Gasteiger partial charge < -0.3 is 31.1 Å². The maximum absolute atomic E-state index is 13.5. The summed E-state index contributed by atoms with van der Waals surface area (Å²) >= 11 is 0. The van der Waals surface area contributed by atoms with Crippen LogP contribution >= 0.6 is 0 Å². The Morgan fingerprint density at radius 3 is 1.29 bits per heavy atom. The Labute approximate surface area is 320 Å². The van der Waals surface area contributed by atoms with Crippen LogP contribution in [0.1, 0.15) is 91.9 Å². The van der Waals surface area contributed by atoms with Gasteiger partial charge in [-0.15, -0.1) is 0 Å². The number of nitrogens with one attached hydrogen (secondary N) is 4. The Hall–Kier alpha value is -6.52. The first kappa shape index (κ1) is 39.2. The van der Waals surface area contributed by atoms with Crippen molar-refractivity contribution in [3.63, 3.8) is 0 Å². The van der Waals surface area contributed by atoms with Gasteiger partial charge in [0, 0.05) is 36.9 Å². The number of carboxylic acid groups (broad SMARTS) is 4. The van der Waals surface area contributed by atoms with Crippen molar-refractivity contribution in [3.05, 3.63) is 106 Å². The second-order valence-electron chi connectivity index (χ2n) is 13.9. The number of anilines is 2. The van der Waals surface area contributed by atoms with E-state index in [4.69, 9.17) is 0 Å². The van der Waals surface area contributed by atoms with Gasteiger partial charge in [-0.3, -0.25) is 30.2 Å². The molecule has 56 heavy (non-hydrogen) atoms. The van der Waals surface area contributed by atoms with E-state index >= 15 is 0 Å². The third-order valence-electron chi connectivity index (χ3n) is 9.98. The number of amides is 2. The first-order chi connectivity index (χ1) is 26.7. The van der Waals surface area contributed by atoms with Crippen LogP contribution in [0, 0.1) is 13.8 Å². The summed E-state index contributed by atoms with van der Waals surface area (Å²) < 4.78 is 0. The zero-order chi connectivity index (χ0) is 40.3. The fraction of sp³-hybridized carbons (Fsp3) is 0.300. The topological polar surface area (TPSA) is 257 Å². The van der Waals surface area contributed by atoms with Gasteiger partial charge in [-0.05, 0) is 120 Å². The lowest BCUT2D eigenvalue weighted by Gasteiger charge is -2.17. The normalized spacial score (nSPS) is 13.7. The molecule has 0 atom stereocenters. The van der Waals surface area contributed by atoms with Crippen molar-refractivity contribution in [1.82, 2.24) is 20.6 Å². The van der Waals surface area contributed by atoms with Crippen LogP contribution in [0.25, 0.3) is 11.1 Å². The molecule has 6 rings (SSSR count). The van der Waals surface area contributed by atoms with Crippen molar-refractivity contribution in [3.8, 4) is 11.1 Å². The molecule has 0 saturated heterocycles. The van der Waals surface area contributed by atoms with Crippen molar-refractivity contribution in [2.75, 3.05) is 10.6 Å². The third kappa shape index (κ3) is 8.88. The van der Waals surface area contributed by atoms with E-state index in [0.717, 1.165) is 59.1 Å². The fourth-order valence-electron chi connectivity index (χ4n) is 6.57. The van der Waals surface area contributed by atoms with Crippen LogP contribution in [0.15, 0.2) is 60.9 Å². The molecule has 2 aromatic carbocycles. The average Bonchev–Trinajstić information content (AvgIpc) is 4.08. The fourth-order valence-corrected chi connectivity index (χ4v) is 6.57.